The van der Waals surface area contributed by atoms with Crippen molar-refractivity contribution >= 4 is 11.5 Å². The minimum atomic E-state index is -0.113. The van der Waals surface area contributed by atoms with Crippen LogP contribution in [-0.4, -0.2) is 9.97 Å². The first-order valence-corrected chi connectivity index (χ1v) is 10.4. The molecule has 0 saturated carbocycles. The van der Waals surface area contributed by atoms with Gasteiger partial charge >= 0.3 is 0 Å². The number of rotatable bonds is 7. The standard InChI is InChI=1S/C26H26N4O/c1-18(2)19-13-15-22(16-14-19)31-26-23(27)25(28-17-29-26)30-24(20-9-5-3-6-10-20)21-11-7-4-8-12-21/h3-18,24H,27H2,1-2H3,(H,28,29,30). The monoisotopic (exact) mass is 410 g/mol. The van der Waals surface area contributed by atoms with Crippen LogP contribution in [-0.2, 0) is 0 Å². The van der Waals surface area contributed by atoms with Gasteiger partial charge in [0.1, 0.15) is 17.8 Å². The fraction of sp³-hybridized carbons (Fsp3) is 0.154. The van der Waals surface area contributed by atoms with Gasteiger partial charge in [0, 0.05) is 0 Å². The van der Waals surface area contributed by atoms with Crippen LogP contribution in [0.3, 0.4) is 0 Å². The number of nitrogens with zero attached hydrogens (tertiary/aromatic N) is 2. The first-order valence-electron chi connectivity index (χ1n) is 10.4. The third kappa shape index (κ3) is 4.83. The molecule has 156 valence electrons. The van der Waals surface area contributed by atoms with E-state index in [4.69, 9.17) is 10.5 Å². The largest absolute Gasteiger partial charge is 0.437 e. The lowest BCUT2D eigenvalue weighted by atomic mass is 9.99. The second-order valence-corrected chi connectivity index (χ2v) is 7.67. The highest BCUT2D eigenvalue weighted by Crippen LogP contribution is 2.33. The predicted molar refractivity (Wildman–Crippen MR) is 125 cm³/mol. The summed E-state index contributed by atoms with van der Waals surface area (Å²) in [5.41, 5.74) is 10.2. The molecular weight excluding hydrogens is 384 g/mol. The van der Waals surface area contributed by atoms with Gasteiger partial charge in [0.05, 0.1) is 6.04 Å². The van der Waals surface area contributed by atoms with Crippen molar-refractivity contribution in [2.45, 2.75) is 25.8 Å². The first-order chi connectivity index (χ1) is 15.1. The Morgan fingerprint density at radius 2 is 1.32 bits per heavy atom. The van der Waals surface area contributed by atoms with Crippen LogP contribution in [0.5, 0.6) is 11.6 Å². The third-order valence-electron chi connectivity index (χ3n) is 5.16. The lowest BCUT2D eigenvalue weighted by Gasteiger charge is -2.21. The van der Waals surface area contributed by atoms with Gasteiger partial charge in [0.25, 0.3) is 0 Å². The van der Waals surface area contributed by atoms with Gasteiger partial charge in [-0.3, -0.25) is 0 Å². The molecule has 0 atom stereocenters. The number of nitrogen functional groups attached to an aromatic ring is 1. The fourth-order valence-electron chi connectivity index (χ4n) is 3.39. The molecule has 0 fully saturated rings. The topological polar surface area (TPSA) is 73.1 Å². The van der Waals surface area contributed by atoms with E-state index in [1.807, 2.05) is 48.5 Å². The summed E-state index contributed by atoms with van der Waals surface area (Å²) in [6.45, 7) is 4.32. The molecule has 5 nitrogen and oxygen atoms in total. The summed E-state index contributed by atoms with van der Waals surface area (Å²) in [6.07, 6.45) is 1.46. The van der Waals surface area contributed by atoms with Crippen LogP contribution in [0.1, 0.15) is 42.5 Å². The molecule has 0 spiro atoms. The smallest absolute Gasteiger partial charge is 0.248 e. The molecule has 0 radical (unpaired) electrons. The van der Waals surface area contributed by atoms with Crippen LogP contribution in [0.2, 0.25) is 0 Å². The second-order valence-electron chi connectivity index (χ2n) is 7.67. The highest BCUT2D eigenvalue weighted by atomic mass is 16.5. The molecule has 4 rings (SSSR count). The molecule has 0 unspecified atom stereocenters. The summed E-state index contributed by atoms with van der Waals surface area (Å²) in [5.74, 6) is 2.00. The highest BCUT2D eigenvalue weighted by Gasteiger charge is 2.18. The molecule has 0 aliphatic heterocycles. The fourth-order valence-corrected chi connectivity index (χ4v) is 3.39. The molecule has 5 heteroatoms. The van der Waals surface area contributed by atoms with Gasteiger partial charge in [-0.1, -0.05) is 86.6 Å². The van der Waals surface area contributed by atoms with Crippen molar-refractivity contribution in [3.63, 3.8) is 0 Å². The summed E-state index contributed by atoms with van der Waals surface area (Å²) >= 11 is 0. The SMILES string of the molecule is CC(C)c1ccc(Oc2ncnc(NC(c3ccccc3)c3ccccc3)c2N)cc1. The minimum absolute atomic E-state index is 0.113. The highest BCUT2D eigenvalue weighted by molar-refractivity contribution is 5.68. The van der Waals surface area contributed by atoms with Crippen LogP contribution < -0.4 is 15.8 Å². The summed E-state index contributed by atoms with van der Waals surface area (Å²) in [4.78, 5) is 8.63. The van der Waals surface area contributed by atoms with Gasteiger partial charge in [-0.15, -0.1) is 0 Å². The Hall–Kier alpha value is -3.86. The molecule has 1 aromatic heterocycles. The summed E-state index contributed by atoms with van der Waals surface area (Å²) in [5, 5.41) is 3.47. The molecule has 1 heterocycles. The Kier molecular flexibility index (Phi) is 6.13. The minimum Gasteiger partial charge on any atom is -0.437 e. The van der Waals surface area contributed by atoms with Gasteiger partial charge < -0.3 is 15.8 Å². The third-order valence-corrected chi connectivity index (χ3v) is 5.16. The molecule has 3 aromatic carbocycles. The van der Waals surface area contributed by atoms with E-state index in [-0.39, 0.29) is 6.04 Å². The first kappa shape index (κ1) is 20.4. The van der Waals surface area contributed by atoms with Gasteiger partial charge in [-0.2, -0.15) is 4.98 Å². The molecule has 0 amide bonds. The van der Waals surface area contributed by atoms with Crippen molar-refractivity contribution in [2.75, 3.05) is 11.1 Å². The van der Waals surface area contributed by atoms with E-state index >= 15 is 0 Å². The van der Waals surface area contributed by atoms with Crippen molar-refractivity contribution in [2.24, 2.45) is 0 Å². The zero-order chi connectivity index (χ0) is 21.6. The van der Waals surface area contributed by atoms with E-state index in [1.54, 1.807) is 0 Å². The summed E-state index contributed by atoms with van der Waals surface area (Å²) < 4.78 is 5.96. The van der Waals surface area contributed by atoms with Crippen molar-refractivity contribution in [3.8, 4) is 11.6 Å². The predicted octanol–water partition coefficient (Wildman–Crippen LogP) is 6.18. The number of aromatic nitrogens is 2. The van der Waals surface area contributed by atoms with Crippen molar-refractivity contribution in [1.82, 2.24) is 9.97 Å². The molecule has 31 heavy (non-hydrogen) atoms. The van der Waals surface area contributed by atoms with Gasteiger partial charge in [0.15, 0.2) is 5.82 Å². The van der Waals surface area contributed by atoms with Crippen LogP contribution >= 0.6 is 0 Å². The number of anilines is 2. The Balaban J connectivity index is 1.62. The van der Waals surface area contributed by atoms with Gasteiger partial charge in [-0.05, 0) is 34.7 Å². The van der Waals surface area contributed by atoms with Crippen LogP contribution in [0.15, 0.2) is 91.3 Å². The molecule has 0 saturated heterocycles. The average molecular weight is 411 g/mol. The molecule has 0 bridgehead atoms. The number of hydrogen-bond donors (Lipinski definition) is 2. The number of hydrogen-bond acceptors (Lipinski definition) is 5. The van der Waals surface area contributed by atoms with E-state index < -0.39 is 0 Å². The Morgan fingerprint density at radius 1 is 0.742 bits per heavy atom. The molecule has 3 N–H and O–H groups in total. The number of nitrogens with two attached hydrogens (primary N) is 1. The lowest BCUT2D eigenvalue weighted by Crippen LogP contribution is -2.15. The van der Waals surface area contributed by atoms with Crippen LogP contribution in [0.4, 0.5) is 11.5 Å². The zero-order valence-corrected chi connectivity index (χ0v) is 17.7. The van der Waals surface area contributed by atoms with Gasteiger partial charge in [0.2, 0.25) is 5.88 Å². The maximum atomic E-state index is 6.40. The zero-order valence-electron chi connectivity index (χ0n) is 17.7. The van der Waals surface area contributed by atoms with Gasteiger partial charge in [-0.25, -0.2) is 4.98 Å². The quantitative estimate of drug-likeness (QED) is 0.381. The molecule has 0 aliphatic rings. The maximum Gasteiger partial charge on any atom is 0.248 e. The Bertz CT molecular complexity index is 1070. The van der Waals surface area contributed by atoms with E-state index in [1.165, 1.54) is 11.9 Å². The number of nitrogens with one attached hydrogen (secondary N) is 1. The van der Waals surface area contributed by atoms with E-state index in [0.29, 0.717) is 29.1 Å². The molecular formula is C26H26N4O. The Labute approximate surface area is 183 Å². The van der Waals surface area contributed by atoms with E-state index in [2.05, 4.69) is 65.5 Å². The van der Waals surface area contributed by atoms with Crippen molar-refractivity contribution < 1.29 is 4.74 Å². The molecule has 4 aromatic rings. The van der Waals surface area contributed by atoms with E-state index in [0.717, 1.165) is 11.1 Å². The second kappa shape index (κ2) is 9.30. The van der Waals surface area contributed by atoms with Crippen molar-refractivity contribution in [3.05, 3.63) is 108 Å². The average Bonchev–Trinajstić information content (AvgIpc) is 2.81. The van der Waals surface area contributed by atoms with Crippen LogP contribution in [0.25, 0.3) is 0 Å². The molecule has 0 aliphatic carbocycles. The van der Waals surface area contributed by atoms with E-state index in [9.17, 15) is 0 Å². The van der Waals surface area contributed by atoms with Crippen molar-refractivity contribution in [1.29, 1.82) is 0 Å². The van der Waals surface area contributed by atoms with Crippen LogP contribution in [0, 0.1) is 0 Å². The lowest BCUT2D eigenvalue weighted by molar-refractivity contribution is 0.464. The number of ether oxygens (including phenoxy) is 1. The maximum absolute atomic E-state index is 6.40. The summed E-state index contributed by atoms with van der Waals surface area (Å²) in [6, 6.07) is 28.3. The number of benzene rings is 3. The summed E-state index contributed by atoms with van der Waals surface area (Å²) in [7, 11) is 0. The normalized spacial score (nSPS) is 11.0. The Morgan fingerprint density at radius 3 is 1.87 bits per heavy atom.